The van der Waals surface area contributed by atoms with Crippen LogP contribution in [-0.4, -0.2) is 23.4 Å². The number of benzene rings is 1. The number of rotatable bonds is 6. The van der Waals surface area contributed by atoms with Crippen LogP contribution in [0.25, 0.3) is 0 Å². The normalized spacial score (nSPS) is 16.7. The van der Waals surface area contributed by atoms with Crippen molar-refractivity contribution in [2.24, 2.45) is 0 Å². The SMILES string of the molecule is CCOc1ccc(N2C(=O)C(O)=C(C(=O)c3cccs3)C2c2cccs2)cc1. The molecule has 1 aliphatic rings. The predicted molar refractivity (Wildman–Crippen MR) is 110 cm³/mol. The molecule has 0 bridgehead atoms. The van der Waals surface area contributed by atoms with Gasteiger partial charge in [-0.25, -0.2) is 0 Å². The molecule has 0 fully saturated rings. The molecule has 1 aromatic carbocycles. The van der Waals surface area contributed by atoms with Crippen molar-refractivity contribution in [2.45, 2.75) is 13.0 Å². The number of ether oxygens (including phenoxy) is 1. The first-order valence-corrected chi connectivity index (χ1v) is 10.5. The molecule has 0 aliphatic carbocycles. The van der Waals surface area contributed by atoms with Gasteiger partial charge in [-0.3, -0.25) is 14.5 Å². The number of aliphatic hydroxyl groups excluding tert-OH is 1. The molecule has 28 heavy (non-hydrogen) atoms. The fraction of sp³-hybridized carbons (Fsp3) is 0.143. The van der Waals surface area contributed by atoms with E-state index >= 15 is 0 Å². The number of anilines is 1. The average molecular weight is 412 g/mol. The monoisotopic (exact) mass is 411 g/mol. The zero-order valence-corrected chi connectivity index (χ0v) is 16.6. The van der Waals surface area contributed by atoms with Crippen molar-refractivity contribution < 1.29 is 19.4 Å². The number of amides is 1. The van der Waals surface area contributed by atoms with Gasteiger partial charge in [-0.15, -0.1) is 22.7 Å². The van der Waals surface area contributed by atoms with E-state index in [1.807, 2.05) is 24.4 Å². The molecule has 7 heteroatoms. The third-order valence-corrected chi connectivity index (χ3v) is 6.23. The molecule has 3 aromatic rings. The van der Waals surface area contributed by atoms with Crippen molar-refractivity contribution in [3.8, 4) is 5.75 Å². The van der Waals surface area contributed by atoms with Crippen molar-refractivity contribution >= 4 is 40.1 Å². The molecule has 2 aromatic heterocycles. The number of hydrogen-bond donors (Lipinski definition) is 1. The first-order chi connectivity index (χ1) is 13.6. The largest absolute Gasteiger partial charge is 0.503 e. The number of aliphatic hydroxyl groups is 1. The zero-order valence-electron chi connectivity index (χ0n) is 15.0. The van der Waals surface area contributed by atoms with E-state index in [1.54, 1.807) is 41.8 Å². The minimum atomic E-state index is -0.667. The number of hydrogen-bond acceptors (Lipinski definition) is 6. The Morgan fingerprint density at radius 1 is 1.11 bits per heavy atom. The molecule has 5 nitrogen and oxygen atoms in total. The second-order valence-corrected chi connectivity index (χ2v) is 8.02. The molecular weight excluding hydrogens is 394 g/mol. The predicted octanol–water partition coefficient (Wildman–Crippen LogP) is 4.99. The van der Waals surface area contributed by atoms with Crippen LogP contribution in [0.2, 0.25) is 0 Å². The average Bonchev–Trinajstić information content (AvgIpc) is 3.45. The molecule has 1 atom stereocenters. The Bertz CT molecular complexity index is 1020. The summed E-state index contributed by atoms with van der Waals surface area (Å²) in [6, 6.07) is 13.6. The van der Waals surface area contributed by atoms with Crippen LogP contribution >= 0.6 is 22.7 Å². The number of nitrogens with zero attached hydrogens (tertiary/aromatic N) is 1. The van der Waals surface area contributed by atoms with Gasteiger partial charge in [0.25, 0.3) is 5.91 Å². The van der Waals surface area contributed by atoms with Gasteiger partial charge in [0.1, 0.15) is 11.8 Å². The quantitative estimate of drug-likeness (QED) is 0.580. The highest BCUT2D eigenvalue weighted by molar-refractivity contribution is 7.12. The summed E-state index contributed by atoms with van der Waals surface area (Å²) in [7, 11) is 0. The molecule has 1 unspecified atom stereocenters. The van der Waals surface area contributed by atoms with E-state index in [9.17, 15) is 14.7 Å². The van der Waals surface area contributed by atoms with Gasteiger partial charge >= 0.3 is 0 Å². The van der Waals surface area contributed by atoms with E-state index in [-0.39, 0.29) is 11.4 Å². The summed E-state index contributed by atoms with van der Waals surface area (Å²) in [5.41, 5.74) is 0.705. The van der Waals surface area contributed by atoms with Gasteiger partial charge in [0.15, 0.2) is 5.76 Å². The van der Waals surface area contributed by atoms with Crippen LogP contribution in [0.15, 0.2) is 70.6 Å². The smallest absolute Gasteiger partial charge is 0.294 e. The molecule has 1 amide bonds. The van der Waals surface area contributed by atoms with Crippen LogP contribution in [0.1, 0.15) is 27.5 Å². The van der Waals surface area contributed by atoms with Gasteiger partial charge in [-0.1, -0.05) is 12.1 Å². The Labute approximate surface area is 170 Å². The van der Waals surface area contributed by atoms with Crippen LogP contribution in [0, 0.1) is 0 Å². The summed E-state index contributed by atoms with van der Waals surface area (Å²) < 4.78 is 5.46. The highest BCUT2D eigenvalue weighted by atomic mass is 32.1. The van der Waals surface area contributed by atoms with Gasteiger partial charge in [-0.2, -0.15) is 0 Å². The van der Waals surface area contributed by atoms with Crippen LogP contribution in [0.5, 0.6) is 5.75 Å². The Kier molecular flexibility index (Phi) is 5.02. The number of thiophene rings is 2. The highest BCUT2D eigenvalue weighted by Crippen LogP contribution is 2.43. The number of carbonyl (C=O) groups excluding carboxylic acids is 2. The molecule has 142 valence electrons. The van der Waals surface area contributed by atoms with E-state index in [0.29, 0.717) is 22.9 Å². The molecule has 4 rings (SSSR count). The van der Waals surface area contributed by atoms with E-state index in [2.05, 4.69) is 0 Å². The maximum atomic E-state index is 13.1. The van der Waals surface area contributed by atoms with Crippen LogP contribution in [0.3, 0.4) is 0 Å². The van der Waals surface area contributed by atoms with E-state index in [4.69, 9.17) is 4.74 Å². The maximum absolute atomic E-state index is 13.1. The molecule has 0 spiro atoms. The van der Waals surface area contributed by atoms with Gasteiger partial charge in [0.2, 0.25) is 5.78 Å². The lowest BCUT2D eigenvalue weighted by Gasteiger charge is -2.25. The molecule has 0 saturated heterocycles. The van der Waals surface area contributed by atoms with Gasteiger partial charge in [-0.05, 0) is 54.1 Å². The van der Waals surface area contributed by atoms with Crippen molar-refractivity contribution in [2.75, 3.05) is 11.5 Å². The van der Waals surface area contributed by atoms with E-state index in [1.165, 1.54) is 27.6 Å². The summed E-state index contributed by atoms with van der Waals surface area (Å²) >= 11 is 2.73. The van der Waals surface area contributed by atoms with Crippen molar-refractivity contribution in [1.29, 1.82) is 0 Å². The lowest BCUT2D eigenvalue weighted by Crippen LogP contribution is -2.30. The summed E-state index contributed by atoms with van der Waals surface area (Å²) in [5.74, 6) is -0.710. The van der Waals surface area contributed by atoms with Gasteiger partial charge < -0.3 is 9.84 Å². The standard InChI is InChI=1S/C21H17NO4S2/c1-2-26-14-9-7-13(8-10-14)22-18(15-5-3-11-27-15)17(20(24)21(22)25)19(23)16-6-4-12-28-16/h3-12,18,24H,2H2,1H3. The fourth-order valence-corrected chi connectivity index (χ4v) is 4.73. The van der Waals surface area contributed by atoms with Gasteiger partial charge in [0, 0.05) is 10.6 Å². The van der Waals surface area contributed by atoms with E-state index < -0.39 is 17.7 Å². The Balaban J connectivity index is 1.79. The number of Topliss-reactive ketones (excluding diaryl/α,β-unsaturated/α-hetero) is 1. The maximum Gasteiger partial charge on any atom is 0.294 e. The lowest BCUT2D eigenvalue weighted by atomic mass is 10.0. The second kappa shape index (κ2) is 7.61. The minimum Gasteiger partial charge on any atom is -0.503 e. The lowest BCUT2D eigenvalue weighted by molar-refractivity contribution is -0.117. The summed E-state index contributed by atoms with van der Waals surface area (Å²) in [4.78, 5) is 28.8. The van der Waals surface area contributed by atoms with E-state index in [0.717, 1.165) is 4.88 Å². The number of ketones is 1. The number of carbonyl (C=O) groups is 2. The first kappa shape index (κ1) is 18.5. The fourth-order valence-electron chi connectivity index (χ4n) is 3.23. The minimum absolute atomic E-state index is 0.115. The van der Waals surface area contributed by atoms with Crippen molar-refractivity contribution in [3.63, 3.8) is 0 Å². The molecule has 0 radical (unpaired) electrons. The zero-order chi connectivity index (χ0) is 19.7. The van der Waals surface area contributed by atoms with Crippen molar-refractivity contribution in [3.05, 3.63) is 80.4 Å². The highest BCUT2D eigenvalue weighted by Gasteiger charge is 2.45. The Morgan fingerprint density at radius 3 is 2.43 bits per heavy atom. The third-order valence-electron chi connectivity index (χ3n) is 4.44. The van der Waals surface area contributed by atoms with Gasteiger partial charge in [0.05, 0.1) is 17.1 Å². The van der Waals surface area contributed by atoms with Crippen molar-refractivity contribution in [1.82, 2.24) is 0 Å². The van der Waals surface area contributed by atoms with Crippen LogP contribution in [0.4, 0.5) is 5.69 Å². The molecule has 0 saturated carbocycles. The first-order valence-electron chi connectivity index (χ1n) is 8.73. The molecule has 1 aliphatic heterocycles. The van der Waals surface area contributed by atoms with Crippen LogP contribution < -0.4 is 9.64 Å². The third kappa shape index (κ3) is 3.12. The summed E-state index contributed by atoms with van der Waals surface area (Å²) in [6.45, 7) is 2.44. The van der Waals surface area contributed by atoms with Crippen LogP contribution in [-0.2, 0) is 4.79 Å². The Hall–Kier alpha value is -2.90. The molecule has 1 N–H and O–H groups in total. The second-order valence-electron chi connectivity index (χ2n) is 6.09. The topological polar surface area (TPSA) is 66.8 Å². The molecular formula is C21H17NO4S2. The molecule has 3 heterocycles. The Morgan fingerprint density at radius 2 is 1.82 bits per heavy atom. The summed E-state index contributed by atoms with van der Waals surface area (Å²) in [5, 5.41) is 14.3. The summed E-state index contributed by atoms with van der Waals surface area (Å²) in [6.07, 6.45) is 0.